The number of rotatable bonds is 5. The molecule has 0 radical (unpaired) electrons. The number of hydrogen-bond acceptors (Lipinski definition) is 2. The number of carbonyl (C=O) groups is 1. The van der Waals surface area contributed by atoms with E-state index >= 15 is 0 Å². The number of aliphatic carboxylic acids is 1. The van der Waals surface area contributed by atoms with Crippen molar-refractivity contribution in [3.8, 4) is 5.75 Å². The predicted octanol–water partition coefficient (Wildman–Crippen LogP) is 3.34. The van der Waals surface area contributed by atoms with Crippen LogP contribution in [0.4, 0.5) is 0 Å². The summed E-state index contributed by atoms with van der Waals surface area (Å²) in [7, 11) is 0. The molecule has 0 amide bonds. The summed E-state index contributed by atoms with van der Waals surface area (Å²) >= 11 is 0. The first-order valence-corrected chi connectivity index (χ1v) is 5.83. The highest BCUT2D eigenvalue weighted by Crippen LogP contribution is 2.23. The molecule has 0 aliphatic carbocycles. The van der Waals surface area contributed by atoms with Gasteiger partial charge in [-0.25, -0.2) is 4.79 Å². The fraction of sp³-hybridized carbons (Fsp3) is 0.500. The van der Waals surface area contributed by atoms with Gasteiger partial charge in [-0.05, 0) is 30.4 Å². The van der Waals surface area contributed by atoms with Crippen LogP contribution in [0.1, 0.15) is 33.6 Å². The second-order valence-corrected chi connectivity index (χ2v) is 5.36. The quantitative estimate of drug-likeness (QED) is 0.852. The highest BCUT2D eigenvalue weighted by atomic mass is 16.5. The summed E-state index contributed by atoms with van der Waals surface area (Å²) in [6, 6.07) is 9.08. The SMILES string of the molecule is CC(C)(C)CCC(Oc1ccccc1)C(=O)O. The minimum atomic E-state index is -0.905. The van der Waals surface area contributed by atoms with Gasteiger partial charge in [0.05, 0.1) is 0 Å². The Morgan fingerprint density at radius 2 is 1.88 bits per heavy atom. The Morgan fingerprint density at radius 3 is 2.35 bits per heavy atom. The number of para-hydroxylation sites is 1. The highest BCUT2D eigenvalue weighted by molar-refractivity contribution is 5.72. The lowest BCUT2D eigenvalue weighted by Gasteiger charge is -2.21. The van der Waals surface area contributed by atoms with E-state index in [-0.39, 0.29) is 5.41 Å². The molecule has 1 rings (SSSR count). The van der Waals surface area contributed by atoms with Crippen LogP contribution in [0, 0.1) is 5.41 Å². The summed E-state index contributed by atoms with van der Waals surface area (Å²) < 4.78 is 5.47. The lowest BCUT2D eigenvalue weighted by molar-refractivity contribution is -0.145. The minimum Gasteiger partial charge on any atom is -0.479 e. The van der Waals surface area contributed by atoms with Crippen LogP contribution in [0.2, 0.25) is 0 Å². The van der Waals surface area contributed by atoms with Gasteiger partial charge in [0.25, 0.3) is 0 Å². The number of benzene rings is 1. The maximum Gasteiger partial charge on any atom is 0.344 e. The van der Waals surface area contributed by atoms with Gasteiger partial charge in [-0.15, -0.1) is 0 Å². The highest BCUT2D eigenvalue weighted by Gasteiger charge is 2.22. The molecule has 0 saturated carbocycles. The Bertz CT molecular complexity index is 351. The zero-order valence-corrected chi connectivity index (χ0v) is 10.6. The van der Waals surface area contributed by atoms with Gasteiger partial charge in [0.2, 0.25) is 0 Å². The van der Waals surface area contributed by atoms with E-state index in [4.69, 9.17) is 9.84 Å². The van der Waals surface area contributed by atoms with Gasteiger partial charge in [0, 0.05) is 0 Å². The molecule has 1 N–H and O–H groups in total. The average molecular weight is 236 g/mol. The van der Waals surface area contributed by atoms with Crippen LogP contribution in [0.5, 0.6) is 5.75 Å². The monoisotopic (exact) mass is 236 g/mol. The Labute approximate surface area is 102 Å². The van der Waals surface area contributed by atoms with Crippen molar-refractivity contribution in [3.05, 3.63) is 30.3 Å². The van der Waals surface area contributed by atoms with E-state index in [1.807, 2.05) is 18.2 Å². The first-order chi connectivity index (χ1) is 7.88. The van der Waals surface area contributed by atoms with Crippen molar-refractivity contribution in [3.63, 3.8) is 0 Å². The van der Waals surface area contributed by atoms with Crippen molar-refractivity contribution in [2.24, 2.45) is 5.41 Å². The molecule has 0 bridgehead atoms. The third-order valence-electron chi connectivity index (χ3n) is 2.45. The van der Waals surface area contributed by atoms with Gasteiger partial charge in [0.1, 0.15) is 5.75 Å². The molecular weight excluding hydrogens is 216 g/mol. The summed E-state index contributed by atoms with van der Waals surface area (Å²) in [5.74, 6) is -0.299. The van der Waals surface area contributed by atoms with E-state index in [1.165, 1.54) is 0 Å². The maximum absolute atomic E-state index is 11.1. The van der Waals surface area contributed by atoms with Gasteiger partial charge in [-0.1, -0.05) is 39.0 Å². The number of hydrogen-bond donors (Lipinski definition) is 1. The van der Waals surface area contributed by atoms with Crippen molar-refractivity contribution in [1.82, 2.24) is 0 Å². The Hall–Kier alpha value is -1.51. The van der Waals surface area contributed by atoms with E-state index in [9.17, 15) is 4.79 Å². The van der Waals surface area contributed by atoms with Gasteiger partial charge in [-0.3, -0.25) is 0 Å². The van der Waals surface area contributed by atoms with E-state index in [1.54, 1.807) is 12.1 Å². The van der Waals surface area contributed by atoms with E-state index < -0.39 is 12.1 Å². The molecule has 0 aromatic heterocycles. The van der Waals surface area contributed by atoms with Crippen LogP contribution in [0.3, 0.4) is 0 Å². The van der Waals surface area contributed by atoms with Crippen LogP contribution in [-0.4, -0.2) is 17.2 Å². The fourth-order valence-electron chi connectivity index (χ4n) is 1.46. The summed E-state index contributed by atoms with van der Waals surface area (Å²) in [5, 5.41) is 9.11. The smallest absolute Gasteiger partial charge is 0.344 e. The fourth-order valence-corrected chi connectivity index (χ4v) is 1.46. The summed E-state index contributed by atoms with van der Waals surface area (Å²) in [6.45, 7) is 6.28. The lowest BCUT2D eigenvalue weighted by Crippen LogP contribution is -2.28. The van der Waals surface area contributed by atoms with Gasteiger partial charge >= 0.3 is 5.97 Å². The topological polar surface area (TPSA) is 46.5 Å². The summed E-state index contributed by atoms with van der Waals surface area (Å²) in [6.07, 6.45) is 0.571. The van der Waals surface area contributed by atoms with Gasteiger partial charge < -0.3 is 9.84 Å². The molecule has 1 unspecified atom stereocenters. The molecule has 94 valence electrons. The Kier molecular flexibility index (Phi) is 4.55. The van der Waals surface area contributed by atoms with Crippen LogP contribution in [0.15, 0.2) is 30.3 Å². The zero-order valence-electron chi connectivity index (χ0n) is 10.6. The molecule has 1 aromatic carbocycles. The molecule has 17 heavy (non-hydrogen) atoms. The van der Waals surface area contributed by atoms with Crippen LogP contribution >= 0.6 is 0 Å². The molecule has 0 saturated heterocycles. The molecule has 3 nitrogen and oxygen atoms in total. The molecule has 1 aromatic rings. The Balaban J connectivity index is 2.59. The van der Waals surface area contributed by atoms with E-state index in [0.717, 1.165) is 6.42 Å². The van der Waals surface area contributed by atoms with Crippen molar-refractivity contribution in [2.75, 3.05) is 0 Å². The third-order valence-corrected chi connectivity index (χ3v) is 2.45. The standard InChI is InChI=1S/C14H20O3/c1-14(2,3)10-9-12(13(15)16)17-11-7-5-4-6-8-11/h4-8,12H,9-10H2,1-3H3,(H,15,16). The molecule has 0 aliphatic heterocycles. The summed E-state index contributed by atoms with van der Waals surface area (Å²) in [4.78, 5) is 11.1. The van der Waals surface area contributed by atoms with Crippen LogP contribution < -0.4 is 4.74 Å². The molecule has 0 heterocycles. The molecule has 0 aliphatic rings. The van der Waals surface area contributed by atoms with Crippen molar-refractivity contribution < 1.29 is 14.6 Å². The normalized spacial score (nSPS) is 13.1. The molecular formula is C14H20O3. The summed E-state index contributed by atoms with van der Waals surface area (Å²) in [5.41, 5.74) is 0.119. The van der Waals surface area contributed by atoms with E-state index in [2.05, 4.69) is 20.8 Å². The van der Waals surface area contributed by atoms with Crippen molar-refractivity contribution >= 4 is 5.97 Å². The average Bonchev–Trinajstić information content (AvgIpc) is 2.24. The second kappa shape index (κ2) is 5.71. The first kappa shape index (κ1) is 13.6. The largest absolute Gasteiger partial charge is 0.479 e. The maximum atomic E-state index is 11.1. The van der Waals surface area contributed by atoms with Crippen molar-refractivity contribution in [2.45, 2.75) is 39.7 Å². The van der Waals surface area contributed by atoms with Crippen LogP contribution in [0.25, 0.3) is 0 Å². The molecule has 0 fully saturated rings. The number of carboxylic acids is 1. The van der Waals surface area contributed by atoms with E-state index in [0.29, 0.717) is 12.2 Å². The van der Waals surface area contributed by atoms with Gasteiger partial charge in [-0.2, -0.15) is 0 Å². The number of ether oxygens (including phenoxy) is 1. The Morgan fingerprint density at radius 1 is 1.29 bits per heavy atom. The molecule has 1 atom stereocenters. The first-order valence-electron chi connectivity index (χ1n) is 5.83. The minimum absolute atomic E-state index is 0.119. The predicted molar refractivity (Wildman–Crippen MR) is 67.2 cm³/mol. The second-order valence-electron chi connectivity index (χ2n) is 5.36. The zero-order chi connectivity index (χ0) is 12.9. The molecule has 3 heteroatoms. The molecule has 0 spiro atoms. The van der Waals surface area contributed by atoms with Crippen molar-refractivity contribution in [1.29, 1.82) is 0 Å². The van der Waals surface area contributed by atoms with Crippen LogP contribution in [-0.2, 0) is 4.79 Å². The third kappa shape index (κ3) is 5.38. The number of carboxylic acid groups (broad SMARTS) is 1. The van der Waals surface area contributed by atoms with Gasteiger partial charge in [0.15, 0.2) is 6.10 Å². The lowest BCUT2D eigenvalue weighted by atomic mass is 9.89.